The van der Waals surface area contributed by atoms with Gasteiger partial charge in [0.1, 0.15) is 5.75 Å². The van der Waals surface area contributed by atoms with Gasteiger partial charge in [0.2, 0.25) is 0 Å². The van der Waals surface area contributed by atoms with Crippen LogP contribution in [0.1, 0.15) is 33.6 Å². The molecule has 3 unspecified atom stereocenters. The minimum atomic E-state index is -0.235. The highest BCUT2D eigenvalue weighted by molar-refractivity contribution is 6.62. The van der Waals surface area contributed by atoms with Crippen molar-refractivity contribution in [2.24, 2.45) is 17.3 Å². The van der Waals surface area contributed by atoms with Crippen LogP contribution in [0, 0.1) is 17.3 Å². The lowest BCUT2D eigenvalue weighted by molar-refractivity contribution is -0.199. The number of methoxy groups -OCH3 is 1. The fourth-order valence-corrected chi connectivity index (χ4v) is 4.77. The molecule has 0 N–H and O–H groups in total. The molecule has 21 heavy (non-hydrogen) atoms. The van der Waals surface area contributed by atoms with Gasteiger partial charge < -0.3 is 14.0 Å². The molecule has 5 rings (SSSR count). The lowest BCUT2D eigenvalue weighted by Gasteiger charge is -2.64. The molecule has 4 aliphatic rings. The molecular formula is C17H23BO3. The molecule has 0 spiro atoms. The maximum atomic E-state index is 6.44. The van der Waals surface area contributed by atoms with Crippen molar-refractivity contribution in [3.63, 3.8) is 0 Å². The second-order valence-corrected chi connectivity index (χ2v) is 7.57. The lowest BCUT2D eigenvalue weighted by Crippen LogP contribution is -2.65. The molecule has 1 aromatic carbocycles. The molecule has 0 amide bonds. The highest BCUT2D eigenvalue weighted by Gasteiger charge is 2.67. The average molecular weight is 286 g/mol. The summed E-state index contributed by atoms with van der Waals surface area (Å²) in [4.78, 5) is 0. The molecule has 3 aliphatic carbocycles. The number of hydrogen-bond acceptors (Lipinski definition) is 3. The molecular weight excluding hydrogens is 263 g/mol. The van der Waals surface area contributed by atoms with E-state index in [1.165, 1.54) is 6.42 Å². The third kappa shape index (κ3) is 1.75. The quantitative estimate of drug-likeness (QED) is 0.782. The molecule has 1 aromatic rings. The van der Waals surface area contributed by atoms with Gasteiger partial charge in [0.25, 0.3) is 0 Å². The van der Waals surface area contributed by atoms with Gasteiger partial charge in [-0.1, -0.05) is 26.0 Å². The summed E-state index contributed by atoms with van der Waals surface area (Å²) in [6, 6.07) is 8.02. The van der Waals surface area contributed by atoms with E-state index in [0.717, 1.165) is 23.6 Å². The van der Waals surface area contributed by atoms with Gasteiger partial charge in [-0.3, -0.25) is 0 Å². The fourth-order valence-electron chi connectivity index (χ4n) is 4.77. The largest absolute Gasteiger partial charge is 0.497 e. The van der Waals surface area contributed by atoms with Crippen LogP contribution in [0.4, 0.5) is 0 Å². The highest BCUT2D eigenvalue weighted by atomic mass is 16.7. The van der Waals surface area contributed by atoms with E-state index in [9.17, 15) is 0 Å². The predicted octanol–water partition coefficient (Wildman–Crippen LogP) is 2.63. The van der Waals surface area contributed by atoms with Crippen LogP contribution in [0.5, 0.6) is 5.75 Å². The second-order valence-electron chi connectivity index (χ2n) is 7.57. The van der Waals surface area contributed by atoms with E-state index < -0.39 is 0 Å². The molecule has 1 aliphatic heterocycles. The Morgan fingerprint density at radius 3 is 2.48 bits per heavy atom. The average Bonchev–Trinajstić information content (AvgIpc) is 2.84. The summed E-state index contributed by atoms with van der Waals surface area (Å²) >= 11 is 0. The topological polar surface area (TPSA) is 27.7 Å². The van der Waals surface area contributed by atoms with E-state index in [-0.39, 0.29) is 18.8 Å². The molecule has 0 aromatic heterocycles. The first-order valence-corrected chi connectivity index (χ1v) is 7.92. The van der Waals surface area contributed by atoms with Gasteiger partial charge in [-0.2, -0.15) is 0 Å². The van der Waals surface area contributed by atoms with Crippen LogP contribution in [-0.2, 0) is 9.31 Å². The van der Waals surface area contributed by atoms with E-state index >= 15 is 0 Å². The van der Waals surface area contributed by atoms with E-state index in [4.69, 9.17) is 14.0 Å². The Balaban J connectivity index is 1.59. The van der Waals surface area contributed by atoms with E-state index in [2.05, 4.69) is 20.8 Å². The third-order valence-electron chi connectivity index (χ3n) is 6.34. The molecule has 3 nitrogen and oxygen atoms in total. The first kappa shape index (κ1) is 13.7. The van der Waals surface area contributed by atoms with Crippen LogP contribution < -0.4 is 10.2 Å². The first-order valence-electron chi connectivity index (χ1n) is 7.92. The predicted molar refractivity (Wildman–Crippen MR) is 82.7 cm³/mol. The zero-order valence-electron chi connectivity index (χ0n) is 13.3. The molecule has 4 heteroatoms. The highest BCUT2D eigenvalue weighted by Crippen LogP contribution is 2.65. The van der Waals surface area contributed by atoms with Crippen molar-refractivity contribution < 1.29 is 14.0 Å². The van der Waals surface area contributed by atoms with Gasteiger partial charge in [0.05, 0.1) is 18.8 Å². The lowest BCUT2D eigenvalue weighted by atomic mass is 9.43. The van der Waals surface area contributed by atoms with Gasteiger partial charge in [-0.05, 0) is 54.6 Å². The van der Waals surface area contributed by atoms with Crippen LogP contribution in [0.2, 0.25) is 0 Å². The minimum absolute atomic E-state index is 0.136. The van der Waals surface area contributed by atoms with Gasteiger partial charge in [-0.15, -0.1) is 0 Å². The minimum Gasteiger partial charge on any atom is -0.497 e. The van der Waals surface area contributed by atoms with Gasteiger partial charge >= 0.3 is 7.12 Å². The molecule has 0 radical (unpaired) electrons. The van der Waals surface area contributed by atoms with Crippen LogP contribution >= 0.6 is 0 Å². The number of ether oxygens (including phenoxy) is 1. The Hall–Kier alpha value is -0.995. The van der Waals surface area contributed by atoms with Gasteiger partial charge in [-0.25, -0.2) is 0 Å². The van der Waals surface area contributed by atoms with E-state index in [0.29, 0.717) is 11.3 Å². The van der Waals surface area contributed by atoms with Crippen molar-refractivity contribution in [1.29, 1.82) is 0 Å². The Kier molecular flexibility index (Phi) is 2.77. The Morgan fingerprint density at radius 1 is 1.14 bits per heavy atom. The molecule has 4 fully saturated rings. The Bertz CT molecular complexity index is 556. The van der Waals surface area contributed by atoms with Crippen molar-refractivity contribution in [2.45, 2.75) is 45.3 Å². The summed E-state index contributed by atoms with van der Waals surface area (Å²) in [6.45, 7) is 7.03. The molecule has 3 saturated carbocycles. The van der Waals surface area contributed by atoms with Crippen molar-refractivity contribution in [2.75, 3.05) is 7.11 Å². The maximum Gasteiger partial charge on any atom is 0.494 e. The Morgan fingerprint density at radius 2 is 1.86 bits per heavy atom. The Labute approximate surface area is 127 Å². The summed E-state index contributed by atoms with van der Waals surface area (Å²) in [7, 11) is 1.45. The van der Waals surface area contributed by atoms with E-state index in [1.54, 1.807) is 7.11 Å². The third-order valence-corrected chi connectivity index (χ3v) is 6.34. The smallest absolute Gasteiger partial charge is 0.494 e. The molecule has 1 heterocycles. The number of hydrogen-bond donors (Lipinski definition) is 0. The monoisotopic (exact) mass is 286 g/mol. The molecule has 112 valence electrons. The summed E-state index contributed by atoms with van der Waals surface area (Å²) in [6.07, 6.45) is 2.66. The summed E-state index contributed by atoms with van der Waals surface area (Å²) in [5.41, 5.74) is 1.34. The van der Waals surface area contributed by atoms with Crippen LogP contribution in [-0.4, -0.2) is 25.9 Å². The fraction of sp³-hybridized carbons (Fsp3) is 0.647. The maximum absolute atomic E-state index is 6.44. The second kappa shape index (κ2) is 4.27. The summed E-state index contributed by atoms with van der Waals surface area (Å²) in [5, 5.41) is 0. The van der Waals surface area contributed by atoms with Crippen molar-refractivity contribution >= 4 is 12.6 Å². The zero-order valence-corrected chi connectivity index (χ0v) is 13.3. The standard InChI is InChI=1S/C17H23BO3/c1-16(2)11-9-14(16)17(3)15(10-11)20-18(21-17)12-5-7-13(19-4)8-6-12/h5-8,11,14-15H,9-10H2,1-4H3/t11?,14?,15?,17-/m0/s1. The number of rotatable bonds is 2. The van der Waals surface area contributed by atoms with Crippen molar-refractivity contribution in [3.8, 4) is 5.75 Å². The van der Waals surface area contributed by atoms with Crippen LogP contribution in [0.25, 0.3) is 0 Å². The first-order chi connectivity index (χ1) is 9.95. The van der Waals surface area contributed by atoms with Crippen LogP contribution in [0.15, 0.2) is 24.3 Å². The van der Waals surface area contributed by atoms with Crippen molar-refractivity contribution in [1.82, 2.24) is 0 Å². The number of benzene rings is 1. The van der Waals surface area contributed by atoms with Gasteiger partial charge in [0, 0.05) is 0 Å². The SMILES string of the molecule is COc1ccc(B2OC3CC4CC(C4(C)C)[C@]3(C)O2)cc1. The molecule has 1 saturated heterocycles. The zero-order chi connectivity index (χ0) is 14.8. The molecule has 2 bridgehead atoms. The van der Waals surface area contributed by atoms with E-state index in [1.807, 2.05) is 24.3 Å². The molecule has 4 atom stereocenters. The summed E-state index contributed by atoms with van der Waals surface area (Å²) in [5.74, 6) is 2.26. The summed E-state index contributed by atoms with van der Waals surface area (Å²) < 4.78 is 17.9. The van der Waals surface area contributed by atoms with Gasteiger partial charge in [0.15, 0.2) is 0 Å². The van der Waals surface area contributed by atoms with Crippen molar-refractivity contribution in [3.05, 3.63) is 24.3 Å². The normalized spacial score (nSPS) is 39.6. The van der Waals surface area contributed by atoms with Crippen LogP contribution in [0.3, 0.4) is 0 Å².